The first-order valence-electron chi connectivity index (χ1n) is 10.9. The van der Waals surface area contributed by atoms with E-state index in [1.54, 1.807) is 55.5 Å². The Morgan fingerprint density at radius 1 is 0.971 bits per heavy atom. The normalized spacial score (nSPS) is 18.1. The first-order chi connectivity index (χ1) is 16.4. The number of hydrogen-bond donors (Lipinski definition) is 2. The van der Waals surface area contributed by atoms with Gasteiger partial charge in [-0.05, 0) is 18.1 Å². The van der Waals surface area contributed by atoms with Crippen molar-refractivity contribution < 1.29 is 28.9 Å². The number of ether oxygens (including phenoxy) is 2. The first kappa shape index (κ1) is 21.9. The number of carbonyl (C=O) groups is 1. The molecule has 5 rings (SSSR count). The van der Waals surface area contributed by atoms with Gasteiger partial charge in [-0.15, -0.1) is 0 Å². The fraction of sp³-hybridized carbons (Fsp3) is 0.185. The van der Waals surface area contributed by atoms with Crippen LogP contribution in [-0.4, -0.2) is 35.0 Å². The number of carbonyl (C=O) groups excluding carboxylic acids is 1. The third-order valence-corrected chi connectivity index (χ3v) is 5.97. The van der Waals surface area contributed by atoms with Crippen LogP contribution >= 0.6 is 0 Å². The average molecular weight is 458 g/mol. The minimum Gasteiger partial charge on any atom is -0.507 e. The number of fused-ring (bicyclic) bond motifs is 3. The molecule has 7 heteroatoms. The second kappa shape index (κ2) is 8.44. The molecule has 1 aliphatic rings. The quantitative estimate of drug-likeness (QED) is 0.447. The molecule has 1 aliphatic heterocycles. The molecule has 172 valence electrons. The zero-order chi connectivity index (χ0) is 23.9. The molecule has 34 heavy (non-hydrogen) atoms. The van der Waals surface area contributed by atoms with Crippen molar-refractivity contribution in [3.63, 3.8) is 0 Å². The highest BCUT2D eigenvalue weighted by molar-refractivity contribution is 6.16. The van der Waals surface area contributed by atoms with Gasteiger partial charge in [0.1, 0.15) is 23.7 Å². The minimum absolute atomic E-state index is 0.0196. The third kappa shape index (κ3) is 3.65. The summed E-state index contributed by atoms with van der Waals surface area (Å²) in [5.74, 6) is -3.15. The molecule has 0 saturated heterocycles. The standard InChI is InChI=1S/C27H22O7/c1-16-23(29)21-19(18-10-6-3-7-11-18)14-20(28)34-25(21)22-24(16)32-12-13-33-27(31,26(22)30)15-17-8-4-2-5-9-17/h2-11,14,29,31H,12-13,15H2,1H3/t27-/m0/s1. The van der Waals surface area contributed by atoms with Crippen LogP contribution in [0.3, 0.4) is 0 Å². The molecular formula is C27H22O7. The van der Waals surface area contributed by atoms with Crippen LogP contribution in [-0.2, 0) is 11.2 Å². The Labute approximate surface area is 194 Å². The highest BCUT2D eigenvalue weighted by atomic mass is 16.6. The van der Waals surface area contributed by atoms with Gasteiger partial charge < -0.3 is 24.1 Å². The van der Waals surface area contributed by atoms with Gasteiger partial charge in [0.05, 0.1) is 12.0 Å². The smallest absolute Gasteiger partial charge is 0.336 e. The van der Waals surface area contributed by atoms with Gasteiger partial charge >= 0.3 is 5.63 Å². The molecule has 0 aliphatic carbocycles. The van der Waals surface area contributed by atoms with Crippen LogP contribution in [0.2, 0.25) is 0 Å². The SMILES string of the molecule is Cc1c2c(c3oc(=O)cc(-c4ccccc4)c3c1O)C(=O)[C@](O)(Cc1ccccc1)OCCO2. The number of aromatic hydroxyl groups is 1. The summed E-state index contributed by atoms with van der Waals surface area (Å²) >= 11 is 0. The molecule has 0 amide bonds. The predicted octanol–water partition coefficient (Wildman–Crippen LogP) is 4.00. The summed E-state index contributed by atoms with van der Waals surface area (Å²) in [6.45, 7) is 1.58. The number of phenols is 1. The lowest BCUT2D eigenvalue weighted by Gasteiger charge is -2.31. The molecule has 1 atom stereocenters. The maximum atomic E-state index is 13.9. The Balaban J connectivity index is 1.80. The number of hydrogen-bond acceptors (Lipinski definition) is 7. The maximum absolute atomic E-state index is 13.9. The summed E-state index contributed by atoms with van der Waals surface area (Å²) in [5.41, 5.74) is 1.03. The lowest BCUT2D eigenvalue weighted by Crippen LogP contribution is -2.46. The van der Waals surface area contributed by atoms with E-state index in [2.05, 4.69) is 0 Å². The zero-order valence-corrected chi connectivity index (χ0v) is 18.4. The van der Waals surface area contributed by atoms with E-state index in [0.717, 1.165) is 0 Å². The van der Waals surface area contributed by atoms with E-state index < -0.39 is 17.2 Å². The molecule has 0 radical (unpaired) electrons. The fourth-order valence-electron chi connectivity index (χ4n) is 4.34. The second-order valence-electron chi connectivity index (χ2n) is 8.20. The van der Waals surface area contributed by atoms with Crippen molar-refractivity contribution in [2.45, 2.75) is 19.1 Å². The van der Waals surface area contributed by atoms with Crippen molar-refractivity contribution in [2.75, 3.05) is 13.2 Å². The number of phenolic OH excluding ortho intramolecular Hbond substituents is 1. The first-order valence-corrected chi connectivity index (χ1v) is 10.9. The molecule has 7 nitrogen and oxygen atoms in total. The van der Waals surface area contributed by atoms with Crippen LogP contribution in [0.1, 0.15) is 21.5 Å². The van der Waals surface area contributed by atoms with Crippen LogP contribution in [0.5, 0.6) is 11.5 Å². The average Bonchev–Trinajstić information content (AvgIpc) is 2.84. The molecule has 0 unspecified atom stereocenters. The maximum Gasteiger partial charge on any atom is 0.336 e. The van der Waals surface area contributed by atoms with E-state index in [-0.39, 0.29) is 47.7 Å². The van der Waals surface area contributed by atoms with E-state index in [1.165, 1.54) is 6.07 Å². The summed E-state index contributed by atoms with van der Waals surface area (Å²) < 4.78 is 16.9. The number of aliphatic hydroxyl groups is 1. The topological polar surface area (TPSA) is 106 Å². The number of rotatable bonds is 3. The third-order valence-electron chi connectivity index (χ3n) is 5.97. The molecule has 2 heterocycles. The van der Waals surface area contributed by atoms with Gasteiger partial charge in [0.25, 0.3) is 0 Å². The monoisotopic (exact) mass is 458 g/mol. The van der Waals surface area contributed by atoms with Crippen molar-refractivity contribution >= 4 is 16.8 Å². The van der Waals surface area contributed by atoms with Gasteiger partial charge in [-0.3, -0.25) is 4.79 Å². The van der Waals surface area contributed by atoms with Crippen LogP contribution in [0.15, 0.2) is 75.9 Å². The fourth-order valence-corrected chi connectivity index (χ4v) is 4.34. The van der Waals surface area contributed by atoms with E-state index in [9.17, 15) is 19.8 Å². The van der Waals surface area contributed by atoms with Gasteiger partial charge in [0.2, 0.25) is 11.6 Å². The highest BCUT2D eigenvalue weighted by Gasteiger charge is 2.43. The van der Waals surface area contributed by atoms with Gasteiger partial charge in [-0.25, -0.2) is 4.79 Å². The lowest BCUT2D eigenvalue weighted by molar-refractivity contribution is -0.170. The van der Waals surface area contributed by atoms with Gasteiger partial charge in [0, 0.05) is 23.6 Å². The number of ketones is 1. The van der Waals surface area contributed by atoms with Gasteiger partial charge in [-0.2, -0.15) is 0 Å². The Bertz CT molecular complexity index is 1440. The molecule has 0 spiro atoms. The van der Waals surface area contributed by atoms with Crippen LogP contribution in [0, 0.1) is 6.92 Å². The molecule has 0 bridgehead atoms. The summed E-state index contributed by atoms with van der Waals surface area (Å²) in [4.78, 5) is 26.4. The van der Waals surface area contributed by atoms with Crippen molar-refractivity contribution in [2.24, 2.45) is 0 Å². The molecule has 0 saturated carbocycles. The van der Waals surface area contributed by atoms with Crippen molar-refractivity contribution in [1.82, 2.24) is 0 Å². The van der Waals surface area contributed by atoms with Crippen molar-refractivity contribution in [3.05, 3.63) is 93.8 Å². The second-order valence-corrected chi connectivity index (χ2v) is 8.20. The van der Waals surface area contributed by atoms with Gasteiger partial charge in [-0.1, -0.05) is 60.7 Å². The summed E-state index contributed by atoms with van der Waals surface area (Å²) in [5, 5.41) is 22.7. The lowest BCUT2D eigenvalue weighted by atomic mass is 9.90. The summed E-state index contributed by atoms with van der Waals surface area (Å²) in [7, 11) is 0. The Kier molecular flexibility index (Phi) is 5.43. The minimum atomic E-state index is -2.22. The molecule has 1 aromatic heterocycles. The molecular weight excluding hydrogens is 436 g/mol. The van der Waals surface area contributed by atoms with Crippen LogP contribution < -0.4 is 10.4 Å². The Morgan fingerprint density at radius 3 is 2.35 bits per heavy atom. The molecule has 3 aromatic carbocycles. The van der Waals surface area contributed by atoms with E-state index in [4.69, 9.17) is 13.9 Å². The predicted molar refractivity (Wildman–Crippen MR) is 125 cm³/mol. The summed E-state index contributed by atoms with van der Waals surface area (Å²) in [6, 6.07) is 19.2. The van der Waals surface area contributed by atoms with Crippen molar-refractivity contribution in [1.29, 1.82) is 0 Å². The van der Waals surface area contributed by atoms with Crippen molar-refractivity contribution in [3.8, 4) is 22.6 Å². The zero-order valence-electron chi connectivity index (χ0n) is 18.4. The van der Waals surface area contributed by atoms with Gasteiger partial charge in [0.15, 0.2) is 5.58 Å². The Hall–Kier alpha value is -3.94. The molecule has 2 N–H and O–H groups in total. The summed E-state index contributed by atoms with van der Waals surface area (Å²) in [6.07, 6.45) is -0.115. The Morgan fingerprint density at radius 2 is 1.65 bits per heavy atom. The highest BCUT2D eigenvalue weighted by Crippen LogP contribution is 2.45. The molecule has 0 fully saturated rings. The van der Waals surface area contributed by atoms with E-state index in [1.807, 2.05) is 12.1 Å². The molecule has 4 aromatic rings. The number of benzene rings is 3. The van der Waals surface area contributed by atoms with Crippen LogP contribution in [0.25, 0.3) is 22.1 Å². The number of Topliss-reactive ketones (excluding diaryl/α,β-unsaturated/α-hetero) is 1. The largest absolute Gasteiger partial charge is 0.507 e. The van der Waals surface area contributed by atoms with E-state index >= 15 is 0 Å². The van der Waals surface area contributed by atoms with Crippen LogP contribution in [0.4, 0.5) is 0 Å². The van der Waals surface area contributed by atoms with E-state index in [0.29, 0.717) is 22.3 Å².